The molecule has 1 atom stereocenters. The van der Waals surface area contributed by atoms with Crippen molar-refractivity contribution in [2.45, 2.75) is 19.9 Å². The third kappa shape index (κ3) is 3.30. The Morgan fingerprint density at radius 3 is 3.04 bits per heavy atom. The zero-order chi connectivity index (χ0) is 16.4. The summed E-state index contributed by atoms with van der Waals surface area (Å²) in [7, 11) is 0. The molecule has 0 fully saturated rings. The van der Waals surface area contributed by atoms with Gasteiger partial charge >= 0.3 is 0 Å². The number of thioether (sulfide) groups is 1. The molecular weight excluding hydrogens is 312 g/mol. The molecule has 0 spiro atoms. The SMILES string of the molecule is CC(C)[C@H](CO)NC1=NC(=O)/C(=C/c2c[nH]c3ncccc23)S1. The summed E-state index contributed by atoms with van der Waals surface area (Å²) in [6.07, 6.45) is 5.36. The van der Waals surface area contributed by atoms with Gasteiger partial charge in [-0.15, -0.1) is 0 Å². The highest BCUT2D eigenvalue weighted by Gasteiger charge is 2.25. The van der Waals surface area contributed by atoms with Crippen LogP contribution in [0.3, 0.4) is 0 Å². The molecule has 1 aliphatic heterocycles. The summed E-state index contributed by atoms with van der Waals surface area (Å²) >= 11 is 1.29. The molecule has 3 N–H and O–H groups in total. The van der Waals surface area contributed by atoms with Gasteiger partial charge in [-0.1, -0.05) is 13.8 Å². The molecule has 7 heteroatoms. The average molecular weight is 330 g/mol. The summed E-state index contributed by atoms with van der Waals surface area (Å²) in [6, 6.07) is 3.70. The van der Waals surface area contributed by atoms with Crippen molar-refractivity contribution >= 4 is 39.9 Å². The molecule has 0 aliphatic carbocycles. The van der Waals surface area contributed by atoms with Crippen LogP contribution in [0.4, 0.5) is 0 Å². The van der Waals surface area contributed by atoms with Gasteiger partial charge in [-0.05, 0) is 35.9 Å². The second-order valence-electron chi connectivity index (χ2n) is 5.65. The molecule has 0 saturated heterocycles. The van der Waals surface area contributed by atoms with Crippen LogP contribution < -0.4 is 5.32 Å². The minimum atomic E-state index is -0.267. The van der Waals surface area contributed by atoms with Crippen molar-refractivity contribution in [3.8, 4) is 0 Å². The van der Waals surface area contributed by atoms with Crippen LogP contribution in [0.25, 0.3) is 17.1 Å². The maximum atomic E-state index is 12.1. The lowest BCUT2D eigenvalue weighted by Gasteiger charge is -2.19. The van der Waals surface area contributed by atoms with Crippen LogP contribution in [0.15, 0.2) is 34.4 Å². The summed E-state index contributed by atoms with van der Waals surface area (Å²) in [6.45, 7) is 4.01. The zero-order valence-corrected chi connectivity index (χ0v) is 13.7. The van der Waals surface area contributed by atoms with Crippen LogP contribution in [0.1, 0.15) is 19.4 Å². The van der Waals surface area contributed by atoms with Gasteiger partial charge < -0.3 is 15.4 Å². The molecule has 0 bridgehead atoms. The van der Waals surface area contributed by atoms with E-state index in [2.05, 4.69) is 20.3 Å². The predicted octanol–water partition coefficient (Wildman–Crippen LogP) is 2.14. The van der Waals surface area contributed by atoms with E-state index in [0.29, 0.717) is 10.1 Å². The van der Waals surface area contributed by atoms with Crippen LogP contribution in [-0.4, -0.2) is 38.8 Å². The molecule has 2 aromatic rings. The van der Waals surface area contributed by atoms with E-state index >= 15 is 0 Å². The highest BCUT2D eigenvalue weighted by molar-refractivity contribution is 8.18. The second kappa shape index (κ2) is 6.55. The number of carbonyl (C=O) groups is 1. The molecule has 1 aliphatic rings. The number of hydrogen-bond donors (Lipinski definition) is 3. The molecule has 0 saturated carbocycles. The Morgan fingerprint density at radius 2 is 2.30 bits per heavy atom. The van der Waals surface area contributed by atoms with Crippen LogP contribution >= 0.6 is 11.8 Å². The zero-order valence-electron chi connectivity index (χ0n) is 12.9. The number of H-pyrrole nitrogens is 1. The van der Waals surface area contributed by atoms with Crippen molar-refractivity contribution in [3.63, 3.8) is 0 Å². The second-order valence-corrected chi connectivity index (χ2v) is 6.68. The number of nitrogens with one attached hydrogen (secondary N) is 2. The van der Waals surface area contributed by atoms with Gasteiger partial charge in [-0.25, -0.2) is 4.98 Å². The molecule has 3 rings (SSSR count). The van der Waals surface area contributed by atoms with E-state index in [1.165, 1.54) is 11.8 Å². The van der Waals surface area contributed by atoms with E-state index in [9.17, 15) is 9.90 Å². The van der Waals surface area contributed by atoms with Gasteiger partial charge in [0.25, 0.3) is 5.91 Å². The van der Waals surface area contributed by atoms with Crippen molar-refractivity contribution in [1.29, 1.82) is 0 Å². The van der Waals surface area contributed by atoms with Crippen molar-refractivity contribution in [2.24, 2.45) is 10.9 Å². The Labute approximate surface area is 138 Å². The third-order valence-corrected chi connectivity index (χ3v) is 4.62. The molecule has 1 amide bonds. The Balaban J connectivity index is 1.79. The first-order valence-corrected chi connectivity index (χ1v) is 8.22. The van der Waals surface area contributed by atoms with Gasteiger partial charge in [0.05, 0.1) is 17.6 Å². The Kier molecular flexibility index (Phi) is 4.49. The van der Waals surface area contributed by atoms with Crippen LogP contribution in [0.2, 0.25) is 0 Å². The van der Waals surface area contributed by atoms with E-state index in [4.69, 9.17) is 0 Å². The van der Waals surface area contributed by atoms with Gasteiger partial charge in [0.15, 0.2) is 5.17 Å². The minimum Gasteiger partial charge on any atom is -0.394 e. The number of amides is 1. The summed E-state index contributed by atoms with van der Waals surface area (Å²) in [5.74, 6) is -0.0256. The number of aliphatic imine (C=N–C) groups is 1. The van der Waals surface area contributed by atoms with Gasteiger partial charge in [-0.2, -0.15) is 4.99 Å². The lowest BCUT2D eigenvalue weighted by atomic mass is 10.1. The summed E-state index contributed by atoms with van der Waals surface area (Å²) in [5, 5.41) is 14.0. The van der Waals surface area contributed by atoms with Crippen molar-refractivity contribution in [2.75, 3.05) is 6.61 Å². The number of hydrogen-bond acceptors (Lipinski definition) is 5. The standard InChI is InChI=1S/C16H18N4O2S/c1-9(2)12(8-21)19-16-20-15(22)13(23-16)6-10-7-18-14-11(10)4-3-5-17-14/h3-7,9,12,21H,8H2,1-2H3,(H,17,18)(H,19,20,22)/b13-6-/t12-/m0/s1. The van der Waals surface area contributed by atoms with Gasteiger partial charge in [0.1, 0.15) is 5.65 Å². The third-order valence-electron chi connectivity index (χ3n) is 3.70. The van der Waals surface area contributed by atoms with Crippen molar-refractivity contribution < 1.29 is 9.90 Å². The first-order valence-electron chi connectivity index (χ1n) is 7.40. The maximum Gasteiger partial charge on any atom is 0.286 e. The molecule has 2 aromatic heterocycles. The largest absolute Gasteiger partial charge is 0.394 e. The Hall–Kier alpha value is -2.12. The van der Waals surface area contributed by atoms with Gasteiger partial charge in [0.2, 0.25) is 0 Å². The number of nitrogens with zero attached hydrogens (tertiary/aromatic N) is 2. The number of aromatic amines is 1. The number of rotatable bonds is 4. The molecule has 3 heterocycles. The van der Waals surface area contributed by atoms with Gasteiger partial charge in [-0.3, -0.25) is 4.79 Å². The number of pyridine rings is 1. The summed E-state index contributed by atoms with van der Waals surface area (Å²) < 4.78 is 0. The maximum absolute atomic E-state index is 12.1. The summed E-state index contributed by atoms with van der Waals surface area (Å²) in [4.78, 5) is 24.0. The van der Waals surface area contributed by atoms with Crippen LogP contribution in [0, 0.1) is 5.92 Å². The predicted molar refractivity (Wildman–Crippen MR) is 93.0 cm³/mol. The minimum absolute atomic E-state index is 0.00139. The van der Waals surface area contributed by atoms with E-state index in [1.54, 1.807) is 6.20 Å². The molecule has 0 radical (unpaired) electrons. The molecule has 0 aromatic carbocycles. The fourth-order valence-corrected chi connectivity index (χ4v) is 3.16. The molecule has 6 nitrogen and oxygen atoms in total. The molecule has 120 valence electrons. The monoisotopic (exact) mass is 330 g/mol. The van der Waals surface area contributed by atoms with E-state index in [1.807, 2.05) is 38.3 Å². The number of fused-ring (bicyclic) bond motifs is 1. The highest BCUT2D eigenvalue weighted by Crippen LogP contribution is 2.29. The smallest absolute Gasteiger partial charge is 0.286 e. The Bertz CT molecular complexity index is 794. The average Bonchev–Trinajstić information content (AvgIpc) is 3.09. The highest BCUT2D eigenvalue weighted by atomic mass is 32.2. The van der Waals surface area contributed by atoms with E-state index < -0.39 is 0 Å². The van der Waals surface area contributed by atoms with Crippen molar-refractivity contribution in [3.05, 3.63) is 35.0 Å². The normalized spacial score (nSPS) is 18.0. The number of aliphatic hydroxyl groups is 1. The van der Waals surface area contributed by atoms with Gasteiger partial charge in [0, 0.05) is 23.3 Å². The quantitative estimate of drug-likeness (QED) is 0.747. The molecule has 0 unspecified atom stereocenters. The first kappa shape index (κ1) is 15.8. The number of carbonyl (C=O) groups excluding carboxylic acids is 1. The topological polar surface area (TPSA) is 90.4 Å². The fourth-order valence-electron chi connectivity index (χ4n) is 2.29. The van der Waals surface area contributed by atoms with Crippen LogP contribution in [0.5, 0.6) is 0 Å². The summed E-state index contributed by atoms with van der Waals surface area (Å²) in [5.41, 5.74) is 1.69. The first-order chi connectivity index (χ1) is 11.1. The van der Waals surface area contributed by atoms with Crippen LogP contribution in [-0.2, 0) is 4.79 Å². The molecule has 23 heavy (non-hydrogen) atoms. The van der Waals surface area contributed by atoms with E-state index in [0.717, 1.165) is 16.6 Å². The molecular formula is C16H18N4O2S. The van der Waals surface area contributed by atoms with E-state index in [-0.39, 0.29) is 24.5 Å². The lowest BCUT2D eigenvalue weighted by Crippen LogP contribution is -2.39. The number of aliphatic hydroxyl groups excluding tert-OH is 1. The lowest BCUT2D eigenvalue weighted by molar-refractivity contribution is -0.113. The Morgan fingerprint density at radius 1 is 1.48 bits per heavy atom. The van der Waals surface area contributed by atoms with Crippen molar-refractivity contribution in [1.82, 2.24) is 15.3 Å². The number of amidine groups is 1. The number of aromatic nitrogens is 2. The fraction of sp³-hybridized carbons (Fsp3) is 0.312.